The van der Waals surface area contributed by atoms with Crippen LogP contribution in [0, 0.1) is 11.6 Å². The van der Waals surface area contributed by atoms with Crippen LogP contribution in [0.5, 0.6) is 11.6 Å². The molecule has 4 nitrogen and oxygen atoms in total. The van der Waals surface area contributed by atoms with Gasteiger partial charge in [-0.25, -0.2) is 13.8 Å². The van der Waals surface area contributed by atoms with Crippen LogP contribution in [0.3, 0.4) is 0 Å². The average Bonchev–Trinajstić information content (AvgIpc) is 2.32. The Kier molecular flexibility index (Phi) is 3.70. The van der Waals surface area contributed by atoms with E-state index in [2.05, 4.69) is 4.98 Å². The number of pyridine rings is 1. The third-order valence-electron chi connectivity index (χ3n) is 2.24. The van der Waals surface area contributed by atoms with E-state index in [1.807, 2.05) is 0 Å². The molecule has 98 valence electrons. The molecule has 2 aromatic rings. The third kappa shape index (κ3) is 3.48. The van der Waals surface area contributed by atoms with Crippen molar-refractivity contribution in [3.05, 3.63) is 53.7 Å². The second-order valence-corrected chi connectivity index (χ2v) is 3.76. The molecule has 2 rings (SSSR count). The molecular formula is C13H9F2NO3. The SMILES string of the molecule is O=C(O)Cc1cccc(Oc2ncc(F)cc2F)c1. The number of aromatic nitrogens is 1. The lowest BCUT2D eigenvalue weighted by Crippen LogP contribution is -2.00. The summed E-state index contributed by atoms with van der Waals surface area (Å²) in [5.41, 5.74) is 0.507. The van der Waals surface area contributed by atoms with Crippen molar-refractivity contribution in [2.24, 2.45) is 0 Å². The quantitative estimate of drug-likeness (QED) is 0.923. The molecule has 6 heteroatoms. The summed E-state index contributed by atoms with van der Waals surface area (Å²) in [4.78, 5) is 14.1. The molecule has 1 aromatic carbocycles. The smallest absolute Gasteiger partial charge is 0.307 e. The second-order valence-electron chi connectivity index (χ2n) is 3.76. The Morgan fingerprint density at radius 2 is 2.11 bits per heavy atom. The Hall–Kier alpha value is -2.50. The fourth-order valence-corrected chi connectivity index (χ4v) is 1.48. The molecule has 1 heterocycles. The number of hydrogen-bond donors (Lipinski definition) is 1. The molecule has 0 fully saturated rings. The van der Waals surface area contributed by atoms with E-state index in [0.29, 0.717) is 11.6 Å². The zero-order valence-electron chi connectivity index (χ0n) is 9.64. The van der Waals surface area contributed by atoms with Crippen LogP contribution in [0.2, 0.25) is 0 Å². The van der Waals surface area contributed by atoms with E-state index < -0.39 is 17.6 Å². The number of carboxylic acid groups (broad SMARTS) is 1. The molecule has 0 aliphatic heterocycles. The molecule has 0 amide bonds. The molecule has 0 saturated heterocycles. The largest absolute Gasteiger partial charge is 0.481 e. The number of rotatable bonds is 4. The lowest BCUT2D eigenvalue weighted by Gasteiger charge is -2.06. The standard InChI is InChI=1S/C13H9F2NO3/c14-9-6-11(15)13(16-7-9)19-10-3-1-2-8(4-10)5-12(17)18/h1-4,6-7H,5H2,(H,17,18). The van der Waals surface area contributed by atoms with Gasteiger partial charge in [0, 0.05) is 6.07 Å². The summed E-state index contributed by atoms with van der Waals surface area (Å²) in [7, 11) is 0. The van der Waals surface area contributed by atoms with Gasteiger partial charge in [0.1, 0.15) is 11.6 Å². The number of aliphatic carboxylic acids is 1. The predicted molar refractivity (Wildman–Crippen MR) is 62.0 cm³/mol. The number of halogens is 2. The van der Waals surface area contributed by atoms with E-state index in [-0.39, 0.29) is 18.1 Å². The van der Waals surface area contributed by atoms with Crippen molar-refractivity contribution in [2.75, 3.05) is 0 Å². The van der Waals surface area contributed by atoms with Gasteiger partial charge in [-0.05, 0) is 17.7 Å². The first-order chi connectivity index (χ1) is 9.04. The molecule has 0 radical (unpaired) electrons. The van der Waals surface area contributed by atoms with Crippen LogP contribution in [0.4, 0.5) is 8.78 Å². The molecule has 0 unspecified atom stereocenters. The minimum atomic E-state index is -0.983. The lowest BCUT2D eigenvalue weighted by atomic mass is 10.1. The van der Waals surface area contributed by atoms with Crippen LogP contribution in [0.25, 0.3) is 0 Å². The molecule has 19 heavy (non-hydrogen) atoms. The van der Waals surface area contributed by atoms with Crippen LogP contribution < -0.4 is 4.74 Å². The summed E-state index contributed by atoms with van der Waals surface area (Å²) in [6.45, 7) is 0. The molecule has 0 saturated carbocycles. The van der Waals surface area contributed by atoms with Gasteiger partial charge in [0.05, 0.1) is 12.6 Å². The van der Waals surface area contributed by atoms with Crippen molar-refractivity contribution in [1.82, 2.24) is 4.98 Å². The van der Waals surface area contributed by atoms with Crippen molar-refractivity contribution in [3.8, 4) is 11.6 Å². The second kappa shape index (κ2) is 5.43. The normalized spacial score (nSPS) is 10.2. The highest BCUT2D eigenvalue weighted by Crippen LogP contribution is 2.23. The molecular weight excluding hydrogens is 256 g/mol. The van der Waals surface area contributed by atoms with Gasteiger partial charge in [0.25, 0.3) is 5.88 Å². The van der Waals surface area contributed by atoms with Crippen molar-refractivity contribution in [1.29, 1.82) is 0 Å². The molecule has 0 spiro atoms. The van der Waals surface area contributed by atoms with E-state index >= 15 is 0 Å². The fraction of sp³-hybridized carbons (Fsp3) is 0.0769. The zero-order valence-corrected chi connectivity index (χ0v) is 9.64. The summed E-state index contributed by atoms with van der Waals surface area (Å²) in [5.74, 6) is -2.85. The maximum Gasteiger partial charge on any atom is 0.307 e. The van der Waals surface area contributed by atoms with Gasteiger partial charge in [-0.1, -0.05) is 12.1 Å². The van der Waals surface area contributed by atoms with E-state index in [4.69, 9.17) is 9.84 Å². The number of benzene rings is 1. The summed E-state index contributed by atoms with van der Waals surface area (Å²) in [6.07, 6.45) is 0.663. The van der Waals surface area contributed by atoms with E-state index in [1.54, 1.807) is 12.1 Å². The lowest BCUT2D eigenvalue weighted by molar-refractivity contribution is -0.136. The summed E-state index contributed by atoms with van der Waals surface area (Å²) in [5, 5.41) is 8.67. The Labute approximate surface area is 107 Å². The molecule has 0 bridgehead atoms. The van der Waals surface area contributed by atoms with E-state index in [1.165, 1.54) is 12.1 Å². The van der Waals surface area contributed by atoms with Crippen LogP contribution in [-0.2, 0) is 11.2 Å². The Bertz CT molecular complexity index is 617. The van der Waals surface area contributed by atoms with Crippen LogP contribution in [0.15, 0.2) is 36.5 Å². The topological polar surface area (TPSA) is 59.4 Å². The van der Waals surface area contributed by atoms with Gasteiger partial charge in [-0.15, -0.1) is 0 Å². The van der Waals surface area contributed by atoms with Crippen molar-refractivity contribution >= 4 is 5.97 Å². The van der Waals surface area contributed by atoms with Crippen LogP contribution in [-0.4, -0.2) is 16.1 Å². The number of hydrogen-bond acceptors (Lipinski definition) is 3. The minimum Gasteiger partial charge on any atom is -0.481 e. The van der Waals surface area contributed by atoms with E-state index in [0.717, 1.165) is 6.20 Å². The fourth-order valence-electron chi connectivity index (χ4n) is 1.48. The predicted octanol–water partition coefficient (Wildman–Crippen LogP) is 2.78. The monoisotopic (exact) mass is 265 g/mol. The maximum absolute atomic E-state index is 13.3. The Balaban J connectivity index is 2.21. The minimum absolute atomic E-state index is 0.170. The Morgan fingerprint density at radius 3 is 2.79 bits per heavy atom. The zero-order chi connectivity index (χ0) is 13.8. The molecule has 0 atom stereocenters. The van der Waals surface area contributed by atoms with Gasteiger partial charge in [-0.2, -0.15) is 0 Å². The molecule has 0 aliphatic carbocycles. The number of carbonyl (C=O) groups is 1. The van der Waals surface area contributed by atoms with Gasteiger partial charge in [0.2, 0.25) is 0 Å². The average molecular weight is 265 g/mol. The first-order valence-corrected chi connectivity index (χ1v) is 5.34. The highest BCUT2D eigenvalue weighted by molar-refractivity contribution is 5.70. The molecule has 0 aliphatic rings. The van der Waals surface area contributed by atoms with Crippen molar-refractivity contribution in [3.63, 3.8) is 0 Å². The molecule has 1 N–H and O–H groups in total. The first-order valence-electron chi connectivity index (χ1n) is 5.34. The highest BCUT2D eigenvalue weighted by Gasteiger charge is 2.09. The highest BCUT2D eigenvalue weighted by atomic mass is 19.1. The van der Waals surface area contributed by atoms with Gasteiger partial charge in [0.15, 0.2) is 5.82 Å². The third-order valence-corrected chi connectivity index (χ3v) is 2.24. The van der Waals surface area contributed by atoms with Crippen LogP contribution >= 0.6 is 0 Å². The van der Waals surface area contributed by atoms with Crippen molar-refractivity contribution < 1.29 is 23.4 Å². The van der Waals surface area contributed by atoms with Gasteiger partial charge < -0.3 is 9.84 Å². The number of ether oxygens (including phenoxy) is 1. The molecule has 1 aromatic heterocycles. The van der Waals surface area contributed by atoms with Gasteiger partial charge in [-0.3, -0.25) is 4.79 Å². The summed E-state index contributed by atoms with van der Waals surface area (Å²) >= 11 is 0. The van der Waals surface area contributed by atoms with E-state index in [9.17, 15) is 13.6 Å². The summed E-state index contributed by atoms with van der Waals surface area (Å²) < 4.78 is 31.1. The first kappa shape index (κ1) is 12.9. The maximum atomic E-state index is 13.3. The Morgan fingerprint density at radius 1 is 1.32 bits per heavy atom. The van der Waals surface area contributed by atoms with Gasteiger partial charge >= 0.3 is 5.97 Å². The van der Waals surface area contributed by atoms with Crippen LogP contribution in [0.1, 0.15) is 5.56 Å². The number of nitrogens with zero attached hydrogens (tertiary/aromatic N) is 1. The summed E-state index contributed by atoms with van der Waals surface area (Å²) in [6, 6.07) is 6.82. The number of carboxylic acids is 1. The van der Waals surface area contributed by atoms with Crippen molar-refractivity contribution in [2.45, 2.75) is 6.42 Å².